The summed E-state index contributed by atoms with van der Waals surface area (Å²) in [6.07, 6.45) is 1.52. The quantitative estimate of drug-likeness (QED) is 0.524. The zero-order chi connectivity index (χ0) is 24.4. The van der Waals surface area contributed by atoms with Crippen molar-refractivity contribution in [3.8, 4) is 11.5 Å². The number of anilines is 1. The molecule has 2 rings (SSSR count). The smallest absolute Gasteiger partial charge is 0.220 e. The minimum atomic E-state index is -0.186. The zero-order valence-electron chi connectivity index (χ0n) is 20.3. The average molecular weight is 442 g/mol. The van der Waals surface area contributed by atoms with Gasteiger partial charge in [0.05, 0.1) is 12.8 Å². The van der Waals surface area contributed by atoms with Crippen molar-refractivity contribution in [1.82, 2.24) is 5.32 Å². The number of hydrogen-bond donors (Lipinski definition) is 2. The molecule has 174 valence electrons. The molecule has 0 radical (unpaired) electrons. The van der Waals surface area contributed by atoms with Crippen LogP contribution in [-0.2, 0) is 4.79 Å². The minimum absolute atomic E-state index is 0.0295. The summed E-state index contributed by atoms with van der Waals surface area (Å²) in [5.74, 6) is 0.836. The maximum atomic E-state index is 10.9. The molecule has 0 atom stereocenters. The molecule has 0 fully saturated rings. The van der Waals surface area contributed by atoms with Gasteiger partial charge in [0.2, 0.25) is 5.91 Å². The first-order chi connectivity index (χ1) is 15.0. The second-order valence-corrected chi connectivity index (χ2v) is 7.89. The molecule has 2 aromatic carbocycles. The van der Waals surface area contributed by atoms with Gasteiger partial charge in [0.1, 0.15) is 17.2 Å². The minimum Gasteiger partial charge on any atom is -0.507 e. The lowest BCUT2D eigenvalue weighted by molar-refractivity contribution is -0.118. The normalized spacial score (nSPS) is 10.8. The Balaban J connectivity index is 0.000000343. The zero-order valence-corrected chi connectivity index (χ0v) is 20.3. The van der Waals surface area contributed by atoms with Gasteiger partial charge in [0, 0.05) is 38.3 Å². The number of amides is 1. The molecule has 0 spiro atoms. The second kappa shape index (κ2) is 12.5. The van der Waals surface area contributed by atoms with Gasteiger partial charge in [0.25, 0.3) is 0 Å². The van der Waals surface area contributed by atoms with Crippen molar-refractivity contribution in [3.05, 3.63) is 58.1 Å². The van der Waals surface area contributed by atoms with E-state index in [9.17, 15) is 14.8 Å². The molecular formula is C25H35N3O4. The van der Waals surface area contributed by atoms with Crippen molar-refractivity contribution in [1.29, 1.82) is 0 Å². The Bertz CT molecular complexity index is 968. The second-order valence-electron chi connectivity index (χ2n) is 7.89. The van der Waals surface area contributed by atoms with Gasteiger partial charge in [-0.25, -0.2) is 0 Å². The molecule has 0 aromatic heterocycles. The summed E-state index contributed by atoms with van der Waals surface area (Å²) in [5, 5.41) is 15.4. The number of aromatic hydroxyl groups is 1. The van der Waals surface area contributed by atoms with E-state index >= 15 is 0 Å². The predicted octanol–water partition coefficient (Wildman–Crippen LogP) is 5.87. The van der Waals surface area contributed by atoms with Crippen molar-refractivity contribution in [2.24, 2.45) is 5.18 Å². The van der Waals surface area contributed by atoms with Crippen molar-refractivity contribution < 1.29 is 14.6 Å². The number of phenolic OH excluding ortho intramolecular Hbond substituents is 1. The number of hydrogen-bond acceptors (Lipinski definition) is 6. The van der Waals surface area contributed by atoms with Crippen molar-refractivity contribution in [2.45, 2.75) is 47.5 Å². The topological polar surface area (TPSA) is 91.2 Å². The fraction of sp³-hybridized carbons (Fsp3) is 0.400. The SMILES string of the molecule is CC(=O)N/C=C(\C)c1cc(C(C)C)c(N=O)cc1O.CCN(C)c1cc(C)ccc1OC. The first-order valence-electron chi connectivity index (χ1n) is 10.6. The number of rotatable bonds is 7. The molecule has 7 heteroatoms. The van der Waals surface area contributed by atoms with Crippen LogP contribution in [0.1, 0.15) is 57.2 Å². The number of carbonyl (C=O) groups is 1. The van der Waals surface area contributed by atoms with Crippen LogP contribution >= 0.6 is 0 Å². The molecule has 0 aliphatic heterocycles. The number of phenols is 1. The van der Waals surface area contributed by atoms with Gasteiger partial charge < -0.3 is 20.1 Å². The lowest BCUT2D eigenvalue weighted by Gasteiger charge is -2.20. The number of ether oxygens (including phenoxy) is 1. The number of nitroso groups, excluding NO2 is 1. The highest BCUT2D eigenvalue weighted by molar-refractivity contribution is 5.78. The molecule has 2 N–H and O–H groups in total. The molecule has 0 heterocycles. The maximum Gasteiger partial charge on any atom is 0.220 e. The third kappa shape index (κ3) is 7.41. The highest BCUT2D eigenvalue weighted by atomic mass is 16.5. The summed E-state index contributed by atoms with van der Waals surface area (Å²) in [7, 11) is 3.77. The maximum absolute atomic E-state index is 10.9. The van der Waals surface area contributed by atoms with E-state index in [1.807, 2.05) is 19.9 Å². The number of nitrogens with one attached hydrogen (secondary N) is 1. The Labute approximate surface area is 191 Å². The first-order valence-corrected chi connectivity index (χ1v) is 10.6. The van der Waals surface area contributed by atoms with Crippen LogP contribution in [0.5, 0.6) is 11.5 Å². The highest BCUT2D eigenvalue weighted by Crippen LogP contribution is 2.36. The largest absolute Gasteiger partial charge is 0.507 e. The van der Waals surface area contributed by atoms with E-state index in [-0.39, 0.29) is 23.3 Å². The van der Waals surface area contributed by atoms with Crippen LogP contribution in [0.4, 0.5) is 11.4 Å². The molecule has 0 bridgehead atoms. The van der Waals surface area contributed by atoms with Crippen LogP contribution in [-0.4, -0.2) is 31.7 Å². The van der Waals surface area contributed by atoms with E-state index in [2.05, 4.69) is 48.4 Å². The lowest BCUT2D eigenvalue weighted by Crippen LogP contribution is -2.16. The molecule has 0 saturated heterocycles. The fourth-order valence-electron chi connectivity index (χ4n) is 3.01. The van der Waals surface area contributed by atoms with Gasteiger partial charge in [-0.2, -0.15) is 0 Å². The number of methoxy groups -OCH3 is 1. The van der Waals surface area contributed by atoms with Gasteiger partial charge in [0.15, 0.2) is 0 Å². The number of aryl methyl sites for hydroxylation is 1. The molecule has 0 unspecified atom stereocenters. The number of carbonyl (C=O) groups excluding carboxylic acids is 1. The Kier molecular flexibility index (Phi) is 10.4. The molecule has 32 heavy (non-hydrogen) atoms. The van der Waals surface area contributed by atoms with Gasteiger partial charge in [-0.15, -0.1) is 4.91 Å². The standard InChI is InChI=1S/C14H18N2O3.C11H17NO/c1-8(2)11-5-12(9(3)7-15-10(4)17)14(18)6-13(11)16-19;1-5-12(3)10-8-9(2)6-7-11(10)13-4/h5-8,18H,1-4H3,(H,15,17);6-8H,5H2,1-4H3/b9-7+;. The summed E-state index contributed by atoms with van der Waals surface area (Å²) in [6.45, 7) is 12.3. The molecule has 0 saturated carbocycles. The van der Waals surface area contributed by atoms with Crippen LogP contribution < -0.4 is 15.0 Å². The van der Waals surface area contributed by atoms with E-state index in [1.54, 1.807) is 20.1 Å². The van der Waals surface area contributed by atoms with E-state index in [4.69, 9.17) is 4.74 Å². The van der Waals surface area contributed by atoms with Crippen LogP contribution in [0, 0.1) is 11.8 Å². The van der Waals surface area contributed by atoms with Crippen molar-refractivity contribution in [2.75, 3.05) is 25.6 Å². The van der Waals surface area contributed by atoms with Gasteiger partial charge >= 0.3 is 0 Å². The third-order valence-electron chi connectivity index (χ3n) is 5.00. The summed E-state index contributed by atoms with van der Waals surface area (Å²) in [6, 6.07) is 9.29. The lowest BCUT2D eigenvalue weighted by atomic mass is 9.95. The van der Waals surface area contributed by atoms with Crippen molar-refractivity contribution in [3.63, 3.8) is 0 Å². The summed E-state index contributed by atoms with van der Waals surface area (Å²) in [4.78, 5) is 23.8. The van der Waals surface area contributed by atoms with E-state index < -0.39 is 0 Å². The molecule has 0 aliphatic rings. The molecule has 0 aliphatic carbocycles. The first kappa shape index (κ1) is 26.7. The number of nitrogens with zero attached hydrogens (tertiary/aromatic N) is 2. The van der Waals surface area contributed by atoms with E-state index in [0.29, 0.717) is 11.1 Å². The summed E-state index contributed by atoms with van der Waals surface area (Å²) >= 11 is 0. The van der Waals surface area contributed by atoms with Gasteiger partial charge in [-0.3, -0.25) is 4.79 Å². The third-order valence-corrected chi connectivity index (χ3v) is 5.00. The van der Waals surface area contributed by atoms with Crippen LogP contribution in [0.2, 0.25) is 0 Å². The fourth-order valence-corrected chi connectivity index (χ4v) is 3.01. The van der Waals surface area contributed by atoms with E-state index in [0.717, 1.165) is 23.5 Å². The molecule has 1 amide bonds. The number of benzene rings is 2. The molecular weight excluding hydrogens is 406 g/mol. The Hall–Kier alpha value is -3.35. The Morgan fingerprint density at radius 3 is 2.41 bits per heavy atom. The number of allylic oxidation sites excluding steroid dienone is 1. The Morgan fingerprint density at radius 2 is 1.91 bits per heavy atom. The molecule has 7 nitrogen and oxygen atoms in total. The highest BCUT2D eigenvalue weighted by Gasteiger charge is 2.14. The summed E-state index contributed by atoms with van der Waals surface area (Å²) in [5.41, 5.74) is 4.69. The molecule has 2 aromatic rings. The van der Waals surface area contributed by atoms with Crippen LogP contribution in [0.25, 0.3) is 5.57 Å². The Morgan fingerprint density at radius 1 is 1.25 bits per heavy atom. The van der Waals surface area contributed by atoms with Crippen LogP contribution in [0.15, 0.2) is 41.7 Å². The monoisotopic (exact) mass is 441 g/mol. The predicted molar refractivity (Wildman–Crippen MR) is 132 cm³/mol. The van der Waals surface area contributed by atoms with Crippen molar-refractivity contribution >= 4 is 22.9 Å². The van der Waals surface area contributed by atoms with Crippen LogP contribution in [0.3, 0.4) is 0 Å². The van der Waals surface area contributed by atoms with Gasteiger partial charge in [-0.05, 0) is 66.8 Å². The van der Waals surface area contributed by atoms with Gasteiger partial charge in [-0.1, -0.05) is 19.9 Å². The average Bonchev–Trinajstić information content (AvgIpc) is 2.76. The van der Waals surface area contributed by atoms with E-state index in [1.165, 1.54) is 24.8 Å². The summed E-state index contributed by atoms with van der Waals surface area (Å²) < 4.78 is 5.28.